The molecule has 1 heteroatoms. The Bertz CT molecular complexity index is 332. The molecule has 0 N–H and O–H groups in total. The van der Waals surface area contributed by atoms with E-state index in [1.807, 2.05) is 0 Å². The molecule has 0 heterocycles. The maximum Gasteiger partial charge on any atom is 0.0280 e. The minimum Gasteiger partial charge on any atom is -0.0654 e. The highest BCUT2D eigenvalue weighted by atomic mass is 28.2. The lowest BCUT2D eigenvalue weighted by molar-refractivity contribution is 0.531. The number of hydrogen-bond donors (Lipinski definition) is 0. The maximum absolute atomic E-state index is 2.31. The van der Waals surface area contributed by atoms with Crippen molar-refractivity contribution >= 4 is 9.52 Å². The molecule has 223 valence electrons. The van der Waals surface area contributed by atoms with Crippen molar-refractivity contribution < 1.29 is 0 Å². The van der Waals surface area contributed by atoms with Gasteiger partial charge in [-0.15, -0.1) is 0 Å². The van der Waals surface area contributed by atoms with Crippen molar-refractivity contribution in [3.8, 4) is 0 Å². The number of rotatable bonds is 34. The second-order valence-corrected chi connectivity index (χ2v) is 14.2. The van der Waals surface area contributed by atoms with E-state index in [0.717, 1.165) is 9.52 Å². The van der Waals surface area contributed by atoms with Crippen LogP contribution in [0.5, 0.6) is 0 Å². The molecule has 0 aliphatic rings. The molecule has 1 radical (unpaired) electrons. The first-order valence-corrected chi connectivity index (χ1v) is 19.9. The van der Waals surface area contributed by atoms with Gasteiger partial charge in [0.05, 0.1) is 0 Å². The highest BCUT2D eigenvalue weighted by Crippen LogP contribution is 2.16. The normalized spacial score (nSPS) is 11.5. The summed E-state index contributed by atoms with van der Waals surface area (Å²) in [6.07, 6.45) is 47.6. The van der Waals surface area contributed by atoms with Gasteiger partial charge in [-0.3, -0.25) is 0 Å². The van der Waals surface area contributed by atoms with E-state index in [0.29, 0.717) is 0 Å². The van der Waals surface area contributed by atoms with E-state index in [-0.39, 0.29) is 0 Å². The molecule has 37 heavy (non-hydrogen) atoms. The summed E-state index contributed by atoms with van der Waals surface area (Å²) in [4.78, 5) is 0. The summed E-state index contributed by atoms with van der Waals surface area (Å²) >= 11 is 0. The van der Waals surface area contributed by atoms with Crippen molar-refractivity contribution in [2.75, 3.05) is 0 Å². The second-order valence-electron chi connectivity index (χ2n) is 12.5. The zero-order chi connectivity index (χ0) is 26.7. The molecule has 0 aromatic carbocycles. The summed E-state index contributed by atoms with van der Waals surface area (Å²) in [5, 5.41) is 0. The highest BCUT2D eigenvalue weighted by Gasteiger charge is 1.97. The van der Waals surface area contributed by atoms with Crippen LogP contribution in [0.15, 0.2) is 0 Å². The van der Waals surface area contributed by atoms with Crippen LogP contribution in [0.4, 0.5) is 0 Å². The second kappa shape index (κ2) is 36.2. The van der Waals surface area contributed by atoms with Gasteiger partial charge in [0.25, 0.3) is 0 Å². The molecular weight excluding hydrogens is 460 g/mol. The topological polar surface area (TPSA) is 0 Å². The summed E-state index contributed by atoms with van der Waals surface area (Å²) in [6.45, 7) is 4.62. The van der Waals surface area contributed by atoms with Crippen molar-refractivity contribution in [2.24, 2.45) is 0 Å². The van der Waals surface area contributed by atoms with E-state index in [1.54, 1.807) is 12.1 Å². The fourth-order valence-corrected chi connectivity index (χ4v) is 7.26. The van der Waals surface area contributed by atoms with Gasteiger partial charge in [0.2, 0.25) is 0 Å². The van der Waals surface area contributed by atoms with Gasteiger partial charge in [-0.2, -0.15) is 0 Å². The van der Waals surface area contributed by atoms with E-state index < -0.39 is 0 Å². The average Bonchev–Trinajstić information content (AvgIpc) is 2.91. The van der Waals surface area contributed by atoms with Crippen molar-refractivity contribution in [3.63, 3.8) is 0 Å². The largest absolute Gasteiger partial charge is 0.0654 e. The Hall–Kier alpha value is 0.217. The lowest BCUT2D eigenvalue weighted by Crippen LogP contribution is -1.90. The SMILES string of the molecule is CCCCCCCCCCCCCCCCCC[SiH]CCCCCCCCCCCCCCCCCC. The van der Waals surface area contributed by atoms with E-state index in [1.165, 1.54) is 205 Å². The Balaban J connectivity index is 3.00. The van der Waals surface area contributed by atoms with Crippen LogP contribution in [0.2, 0.25) is 12.1 Å². The average molecular weight is 536 g/mol. The maximum atomic E-state index is 2.31. The minimum absolute atomic E-state index is 0.768. The molecule has 0 spiro atoms. The highest BCUT2D eigenvalue weighted by molar-refractivity contribution is 6.35. The zero-order valence-electron chi connectivity index (χ0n) is 26.6. The van der Waals surface area contributed by atoms with Crippen molar-refractivity contribution in [1.82, 2.24) is 0 Å². The van der Waals surface area contributed by atoms with E-state index >= 15 is 0 Å². The Kier molecular flexibility index (Phi) is 36.4. The smallest absolute Gasteiger partial charge is 0.0280 e. The molecule has 0 aromatic rings. The van der Waals surface area contributed by atoms with Gasteiger partial charge in [0.15, 0.2) is 0 Å². The lowest BCUT2D eigenvalue weighted by atomic mass is 10.0. The fourth-order valence-electron chi connectivity index (χ4n) is 5.82. The van der Waals surface area contributed by atoms with Crippen LogP contribution in [0, 0.1) is 0 Å². The summed E-state index contributed by atoms with van der Waals surface area (Å²) in [5.41, 5.74) is 0. The summed E-state index contributed by atoms with van der Waals surface area (Å²) in [7, 11) is 0.768. The zero-order valence-corrected chi connectivity index (χ0v) is 27.8. The van der Waals surface area contributed by atoms with Gasteiger partial charge < -0.3 is 0 Å². The standard InChI is InChI=1S/C36H75Si/c1-3-5-7-9-11-13-15-17-19-21-23-25-27-29-31-33-35-37-36-34-32-30-28-26-24-22-20-18-16-14-12-10-8-6-4-2/h37H,3-36H2,1-2H3. The summed E-state index contributed by atoms with van der Waals surface area (Å²) in [5.74, 6) is 0. The van der Waals surface area contributed by atoms with Gasteiger partial charge >= 0.3 is 0 Å². The molecule has 0 unspecified atom stereocenters. The van der Waals surface area contributed by atoms with Crippen molar-refractivity contribution in [1.29, 1.82) is 0 Å². The molecule has 0 aromatic heterocycles. The molecular formula is C36H75Si. The van der Waals surface area contributed by atoms with Crippen molar-refractivity contribution in [3.05, 3.63) is 0 Å². The van der Waals surface area contributed by atoms with E-state index in [9.17, 15) is 0 Å². The summed E-state index contributed by atoms with van der Waals surface area (Å²) < 4.78 is 0. The Morgan fingerprint density at radius 3 is 0.568 bits per heavy atom. The quantitative estimate of drug-likeness (QED) is 0.0567. The van der Waals surface area contributed by atoms with Crippen LogP contribution in [0.25, 0.3) is 0 Å². The van der Waals surface area contributed by atoms with Crippen LogP contribution in [0.1, 0.15) is 219 Å². The minimum atomic E-state index is 0.768. The molecule has 0 aliphatic carbocycles. The van der Waals surface area contributed by atoms with Crippen LogP contribution in [0.3, 0.4) is 0 Å². The third-order valence-corrected chi connectivity index (χ3v) is 10.2. The van der Waals surface area contributed by atoms with E-state index in [2.05, 4.69) is 13.8 Å². The van der Waals surface area contributed by atoms with Gasteiger partial charge in [-0.25, -0.2) is 0 Å². The van der Waals surface area contributed by atoms with E-state index in [4.69, 9.17) is 0 Å². The van der Waals surface area contributed by atoms with Gasteiger partial charge in [0.1, 0.15) is 0 Å². The van der Waals surface area contributed by atoms with Gasteiger partial charge in [0, 0.05) is 9.52 Å². The molecule has 0 aliphatic heterocycles. The Morgan fingerprint density at radius 2 is 0.378 bits per heavy atom. The third-order valence-electron chi connectivity index (χ3n) is 8.52. The molecule has 0 fully saturated rings. The van der Waals surface area contributed by atoms with Crippen LogP contribution >= 0.6 is 0 Å². The molecule has 0 amide bonds. The predicted molar refractivity (Wildman–Crippen MR) is 176 cm³/mol. The fraction of sp³-hybridized carbons (Fsp3) is 1.00. The predicted octanol–water partition coefficient (Wildman–Crippen LogP) is 13.8. The monoisotopic (exact) mass is 536 g/mol. The molecule has 0 nitrogen and oxygen atoms in total. The first kappa shape index (κ1) is 37.2. The first-order valence-electron chi connectivity index (χ1n) is 18.2. The Morgan fingerprint density at radius 1 is 0.216 bits per heavy atom. The molecule has 0 saturated carbocycles. The first-order chi connectivity index (χ1) is 18.4. The summed E-state index contributed by atoms with van der Waals surface area (Å²) in [6, 6.07) is 3.16. The van der Waals surface area contributed by atoms with Crippen LogP contribution < -0.4 is 0 Å². The van der Waals surface area contributed by atoms with Crippen molar-refractivity contribution in [2.45, 2.75) is 231 Å². The molecule has 0 atom stereocenters. The van der Waals surface area contributed by atoms with Gasteiger partial charge in [-0.1, -0.05) is 231 Å². The Labute approximate surface area is 240 Å². The van der Waals surface area contributed by atoms with Crippen LogP contribution in [-0.4, -0.2) is 9.52 Å². The van der Waals surface area contributed by atoms with Gasteiger partial charge in [-0.05, 0) is 0 Å². The molecule has 0 saturated heterocycles. The molecule has 0 rings (SSSR count). The van der Waals surface area contributed by atoms with Crippen LogP contribution in [-0.2, 0) is 0 Å². The molecule has 0 bridgehead atoms. The third kappa shape index (κ3) is 36.2. The number of hydrogen-bond acceptors (Lipinski definition) is 0. The number of unbranched alkanes of at least 4 members (excludes halogenated alkanes) is 30. The lowest BCUT2D eigenvalue weighted by Gasteiger charge is -2.04.